The quantitative estimate of drug-likeness (QED) is 0.801. The van der Waals surface area contributed by atoms with Crippen LogP contribution in [-0.2, 0) is 17.2 Å². The van der Waals surface area contributed by atoms with Crippen molar-refractivity contribution in [2.45, 2.75) is 44.7 Å². The molecule has 1 aliphatic carbocycles. The second-order valence-electron chi connectivity index (χ2n) is 7.70. The molecule has 0 radical (unpaired) electrons. The number of nitrogens with one attached hydrogen (secondary N) is 1. The van der Waals surface area contributed by atoms with Gasteiger partial charge in [0.05, 0.1) is 11.9 Å². The summed E-state index contributed by atoms with van der Waals surface area (Å²) < 4.78 is 5.15. The molecule has 1 amide bonds. The van der Waals surface area contributed by atoms with Crippen LogP contribution in [0.25, 0.3) is 0 Å². The standard InChI is InChI=1S/C23H28N4OS/c1-27-17-29(26-21-13-6-3-7-14-21)23(25-27)20-12-8-11-19(15-20)22(28)24-16-18-9-4-2-5-10-18/h2,4-5,8-12,15,21H,3,6-7,13-14,16-17H2,1H3,(H,24,28). The fourth-order valence-electron chi connectivity index (χ4n) is 3.79. The van der Waals surface area contributed by atoms with Gasteiger partial charge in [-0.05, 0) is 41.2 Å². The number of amides is 1. The monoisotopic (exact) mass is 408 g/mol. The molecule has 6 heteroatoms. The predicted octanol–water partition coefficient (Wildman–Crippen LogP) is 4.32. The van der Waals surface area contributed by atoms with E-state index in [-0.39, 0.29) is 16.6 Å². The minimum Gasteiger partial charge on any atom is -0.348 e. The molecule has 29 heavy (non-hydrogen) atoms. The minimum absolute atomic E-state index is 0.0632. The third kappa shape index (κ3) is 5.12. The van der Waals surface area contributed by atoms with Gasteiger partial charge in [0.25, 0.3) is 5.91 Å². The molecule has 1 N–H and O–H groups in total. The lowest BCUT2D eigenvalue weighted by Crippen LogP contribution is -2.23. The highest BCUT2D eigenvalue weighted by Gasteiger charge is 2.23. The number of hydrogen-bond acceptors (Lipinski definition) is 4. The zero-order valence-corrected chi connectivity index (χ0v) is 17.7. The predicted molar refractivity (Wildman–Crippen MR) is 120 cm³/mol. The lowest BCUT2D eigenvalue weighted by Gasteiger charge is -2.18. The molecule has 1 unspecified atom stereocenters. The van der Waals surface area contributed by atoms with Gasteiger partial charge in [-0.15, -0.1) is 0 Å². The van der Waals surface area contributed by atoms with E-state index in [0.717, 1.165) is 22.0 Å². The van der Waals surface area contributed by atoms with Gasteiger partial charge in [0, 0.05) is 24.7 Å². The molecule has 5 nitrogen and oxygen atoms in total. The fourth-order valence-corrected chi connectivity index (χ4v) is 5.69. The maximum absolute atomic E-state index is 12.7. The van der Waals surface area contributed by atoms with Gasteiger partial charge in [-0.1, -0.05) is 61.7 Å². The molecule has 2 aliphatic rings. The maximum atomic E-state index is 12.7. The van der Waals surface area contributed by atoms with Crippen LogP contribution >= 0.6 is 0 Å². The first-order chi connectivity index (χ1) is 14.2. The Bertz CT molecular complexity index is 919. The van der Waals surface area contributed by atoms with Crippen molar-refractivity contribution in [2.24, 2.45) is 9.46 Å². The summed E-state index contributed by atoms with van der Waals surface area (Å²) >= 11 is 0. The van der Waals surface area contributed by atoms with Crippen molar-refractivity contribution < 1.29 is 4.79 Å². The average molecular weight is 409 g/mol. The van der Waals surface area contributed by atoms with E-state index in [1.807, 2.05) is 66.7 Å². The Morgan fingerprint density at radius 3 is 2.72 bits per heavy atom. The molecule has 1 fully saturated rings. The summed E-state index contributed by atoms with van der Waals surface area (Å²) in [7, 11) is 1.77. The Labute approximate surface area is 175 Å². The van der Waals surface area contributed by atoms with Crippen molar-refractivity contribution in [3.63, 3.8) is 0 Å². The molecule has 1 heterocycles. The van der Waals surface area contributed by atoms with Crippen molar-refractivity contribution >= 4 is 21.6 Å². The van der Waals surface area contributed by atoms with Gasteiger partial charge < -0.3 is 5.32 Å². The Morgan fingerprint density at radius 1 is 1.14 bits per heavy atom. The topological polar surface area (TPSA) is 57.1 Å². The molecular weight excluding hydrogens is 380 g/mol. The van der Waals surface area contributed by atoms with Crippen LogP contribution in [0.15, 0.2) is 64.1 Å². The molecular formula is C23H28N4OS. The van der Waals surface area contributed by atoms with Crippen LogP contribution in [0.5, 0.6) is 0 Å². The van der Waals surface area contributed by atoms with Crippen molar-refractivity contribution in [3.8, 4) is 0 Å². The van der Waals surface area contributed by atoms with E-state index in [0.29, 0.717) is 18.2 Å². The summed E-state index contributed by atoms with van der Waals surface area (Å²) in [5, 5.41) is 10.7. The molecule has 4 rings (SSSR count). The van der Waals surface area contributed by atoms with Gasteiger partial charge in [-0.2, -0.15) is 5.10 Å². The van der Waals surface area contributed by atoms with E-state index in [2.05, 4.69) is 5.32 Å². The normalized spacial score (nSPS) is 20.0. The number of carbonyl (C=O) groups is 1. The second-order valence-corrected chi connectivity index (χ2v) is 9.29. The van der Waals surface area contributed by atoms with Crippen LogP contribution < -0.4 is 5.32 Å². The first-order valence-corrected chi connectivity index (χ1v) is 11.7. The van der Waals surface area contributed by atoms with Crippen LogP contribution in [0.3, 0.4) is 0 Å². The second kappa shape index (κ2) is 9.35. The molecule has 1 atom stereocenters. The zero-order valence-electron chi connectivity index (χ0n) is 16.9. The first-order valence-electron chi connectivity index (χ1n) is 10.3. The van der Waals surface area contributed by atoms with Crippen LogP contribution in [0.4, 0.5) is 0 Å². The lowest BCUT2D eigenvalue weighted by molar-refractivity contribution is 0.0951. The zero-order chi connectivity index (χ0) is 20.1. The summed E-state index contributed by atoms with van der Waals surface area (Å²) in [6.45, 7) is 0.523. The highest BCUT2D eigenvalue weighted by Crippen LogP contribution is 2.24. The SMILES string of the molecule is CN1CS(=NC2CCCCC2)C(c2cccc(C(=O)NCc3ccccc3)c2)=N1. The van der Waals surface area contributed by atoms with Gasteiger partial charge >= 0.3 is 0 Å². The van der Waals surface area contributed by atoms with Crippen molar-refractivity contribution in [1.29, 1.82) is 0 Å². The van der Waals surface area contributed by atoms with Crippen LogP contribution in [0.2, 0.25) is 0 Å². The highest BCUT2D eigenvalue weighted by atomic mass is 32.2. The third-order valence-corrected chi connectivity index (χ3v) is 7.25. The number of hydrogen-bond donors (Lipinski definition) is 1. The molecule has 2 aromatic rings. The van der Waals surface area contributed by atoms with E-state index >= 15 is 0 Å². The number of nitrogens with zero attached hydrogens (tertiary/aromatic N) is 3. The minimum atomic E-state index is -0.229. The molecule has 1 saturated carbocycles. The van der Waals surface area contributed by atoms with Crippen LogP contribution in [0.1, 0.15) is 53.6 Å². The number of hydrazone groups is 1. The molecule has 0 spiro atoms. The van der Waals surface area contributed by atoms with Crippen molar-refractivity contribution in [3.05, 3.63) is 71.3 Å². The molecule has 2 aromatic carbocycles. The smallest absolute Gasteiger partial charge is 0.251 e. The van der Waals surface area contributed by atoms with E-state index in [4.69, 9.17) is 9.46 Å². The van der Waals surface area contributed by atoms with E-state index in [1.165, 1.54) is 32.1 Å². The van der Waals surface area contributed by atoms with Gasteiger partial charge in [-0.3, -0.25) is 14.2 Å². The van der Waals surface area contributed by atoms with Crippen LogP contribution in [-0.4, -0.2) is 34.9 Å². The summed E-state index contributed by atoms with van der Waals surface area (Å²) in [6.07, 6.45) is 6.29. The largest absolute Gasteiger partial charge is 0.348 e. The Kier molecular flexibility index (Phi) is 6.39. The fraction of sp³-hybridized carbons (Fsp3) is 0.391. The summed E-state index contributed by atoms with van der Waals surface area (Å²) in [6, 6.07) is 18.2. The number of carbonyl (C=O) groups excluding carboxylic acids is 1. The first kappa shape index (κ1) is 19.8. The van der Waals surface area contributed by atoms with Crippen molar-refractivity contribution in [1.82, 2.24) is 10.3 Å². The third-order valence-electron chi connectivity index (χ3n) is 5.31. The Morgan fingerprint density at radius 2 is 1.93 bits per heavy atom. The molecule has 0 bridgehead atoms. The van der Waals surface area contributed by atoms with Crippen LogP contribution in [0, 0.1) is 0 Å². The van der Waals surface area contributed by atoms with Gasteiger partial charge in [0.1, 0.15) is 5.04 Å². The van der Waals surface area contributed by atoms with Gasteiger partial charge in [-0.25, -0.2) is 0 Å². The molecule has 0 aromatic heterocycles. The lowest BCUT2D eigenvalue weighted by atomic mass is 9.97. The summed E-state index contributed by atoms with van der Waals surface area (Å²) in [5.41, 5.74) is 2.76. The van der Waals surface area contributed by atoms with Crippen molar-refractivity contribution in [2.75, 3.05) is 12.9 Å². The molecule has 152 valence electrons. The van der Waals surface area contributed by atoms with Gasteiger partial charge in [0.2, 0.25) is 0 Å². The average Bonchev–Trinajstić information content (AvgIpc) is 3.13. The highest BCUT2D eigenvalue weighted by molar-refractivity contribution is 8.03. The summed E-state index contributed by atoms with van der Waals surface area (Å²) in [5.74, 6) is 0.780. The summed E-state index contributed by atoms with van der Waals surface area (Å²) in [4.78, 5) is 12.7. The molecule has 0 saturated heterocycles. The Hall–Kier alpha value is -2.47. The van der Waals surface area contributed by atoms with Gasteiger partial charge in [0.15, 0.2) is 0 Å². The number of benzene rings is 2. The number of rotatable bonds is 5. The van der Waals surface area contributed by atoms with E-state index in [1.54, 1.807) is 0 Å². The molecule has 1 aliphatic heterocycles. The Balaban J connectivity index is 1.50. The van der Waals surface area contributed by atoms with E-state index in [9.17, 15) is 4.79 Å². The maximum Gasteiger partial charge on any atom is 0.251 e. The van der Waals surface area contributed by atoms with E-state index < -0.39 is 0 Å².